The van der Waals surface area contributed by atoms with Gasteiger partial charge < -0.3 is 0 Å². The van der Waals surface area contributed by atoms with E-state index in [1.54, 1.807) is 12.1 Å². The molecule has 0 aliphatic carbocycles. The van der Waals surface area contributed by atoms with Crippen LogP contribution in [-0.2, 0) is 6.42 Å². The fourth-order valence-electron chi connectivity index (χ4n) is 4.01. The third-order valence-corrected chi connectivity index (χ3v) is 5.60. The Hall–Kier alpha value is -3.39. The Kier molecular flexibility index (Phi) is 5.65. The van der Waals surface area contributed by atoms with E-state index in [0.29, 0.717) is 10.8 Å². The minimum Gasteiger partial charge on any atom is -0.206 e. The van der Waals surface area contributed by atoms with Gasteiger partial charge in [-0.15, -0.1) is 0 Å². The molecule has 0 aliphatic rings. The molecule has 0 N–H and O–H groups in total. The van der Waals surface area contributed by atoms with Gasteiger partial charge in [-0.05, 0) is 58.3 Å². The monoisotopic (exact) mass is 421 g/mol. The number of benzene rings is 4. The number of halogens is 4. The lowest BCUT2D eigenvalue weighted by atomic mass is 9.94. The predicted molar refractivity (Wildman–Crippen MR) is 115 cm³/mol. The largest absolute Gasteiger partial charge is 0.206 e. The van der Waals surface area contributed by atoms with Gasteiger partial charge in [-0.2, -0.15) is 5.26 Å². The van der Waals surface area contributed by atoms with Crippen LogP contribution in [-0.4, -0.2) is 0 Å². The van der Waals surface area contributed by atoms with Crippen LogP contribution in [0.4, 0.5) is 17.6 Å². The first-order valence-electron chi connectivity index (χ1n) is 10.2. The molecule has 0 amide bonds. The van der Waals surface area contributed by atoms with Crippen LogP contribution in [0.25, 0.3) is 32.7 Å². The van der Waals surface area contributed by atoms with E-state index in [1.165, 1.54) is 17.7 Å². The van der Waals surface area contributed by atoms with Crippen LogP contribution in [0.1, 0.15) is 37.3 Å². The second-order valence-corrected chi connectivity index (χ2v) is 7.65. The van der Waals surface area contributed by atoms with Crippen molar-refractivity contribution in [1.29, 1.82) is 5.26 Å². The van der Waals surface area contributed by atoms with E-state index in [2.05, 4.69) is 6.92 Å². The van der Waals surface area contributed by atoms with Gasteiger partial charge in [-0.1, -0.05) is 50.1 Å². The summed E-state index contributed by atoms with van der Waals surface area (Å²) in [6, 6.07) is 13.3. The molecule has 0 saturated carbocycles. The zero-order valence-electron chi connectivity index (χ0n) is 16.9. The summed E-state index contributed by atoms with van der Waals surface area (Å²) in [4.78, 5) is 0. The Morgan fingerprint density at radius 3 is 2.16 bits per heavy atom. The molecule has 4 aromatic carbocycles. The Labute approximate surface area is 177 Å². The number of rotatable bonds is 5. The summed E-state index contributed by atoms with van der Waals surface area (Å²) in [5.41, 5.74) is -0.435. The molecule has 0 radical (unpaired) electrons. The first-order valence-corrected chi connectivity index (χ1v) is 10.2. The maximum absolute atomic E-state index is 15.3. The quantitative estimate of drug-likeness (QED) is 0.183. The van der Waals surface area contributed by atoms with Gasteiger partial charge >= 0.3 is 0 Å². The maximum atomic E-state index is 15.3. The molecule has 0 aliphatic heterocycles. The van der Waals surface area contributed by atoms with E-state index >= 15 is 4.39 Å². The smallest absolute Gasteiger partial charge is 0.144 e. The number of hydrogen-bond acceptors (Lipinski definition) is 1. The molecule has 4 aromatic rings. The van der Waals surface area contributed by atoms with Crippen LogP contribution in [0.5, 0.6) is 0 Å². The van der Waals surface area contributed by atoms with Gasteiger partial charge in [0.15, 0.2) is 0 Å². The number of nitriles is 1. The van der Waals surface area contributed by atoms with Crippen LogP contribution < -0.4 is 0 Å². The lowest BCUT2D eigenvalue weighted by Crippen LogP contribution is -1.97. The summed E-state index contributed by atoms with van der Waals surface area (Å²) in [7, 11) is 0. The van der Waals surface area contributed by atoms with E-state index in [4.69, 9.17) is 5.26 Å². The van der Waals surface area contributed by atoms with Crippen LogP contribution >= 0.6 is 0 Å². The molecule has 156 valence electrons. The average Bonchev–Trinajstić information content (AvgIpc) is 2.73. The van der Waals surface area contributed by atoms with Crippen molar-refractivity contribution < 1.29 is 17.6 Å². The molecule has 4 rings (SSSR count). The standard InChI is InChI=1S/C26H19F4N/c1-2-3-4-5-15-6-8-18-16(10-15)7-9-19-20(18)13-24(29)25(26(19)30)17-11-22(27)21(14-31)23(28)12-17/h6-13H,2-5H2,1H3. The van der Waals surface area contributed by atoms with Crippen molar-refractivity contribution in [1.82, 2.24) is 0 Å². The fourth-order valence-corrected chi connectivity index (χ4v) is 4.01. The van der Waals surface area contributed by atoms with E-state index in [9.17, 15) is 13.2 Å². The Balaban J connectivity index is 1.87. The summed E-state index contributed by atoms with van der Waals surface area (Å²) in [5.74, 6) is -4.14. The summed E-state index contributed by atoms with van der Waals surface area (Å²) in [6.45, 7) is 2.14. The lowest BCUT2D eigenvalue weighted by Gasteiger charge is -2.12. The Bertz CT molecular complexity index is 1330. The number of fused-ring (bicyclic) bond motifs is 3. The summed E-state index contributed by atoms with van der Waals surface area (Å²) >= 11 is 0. The van der Waals surface area contributed by atoms with E-state index in [1.807, 2.05) is 18.2 Å². The van der Waals surface area contributed by atoms with Gasteiger partial charge in [-0.3, -0.25) is 0 Å². The van der Waals surface area contributed by atoms with Crippen LogP contribution in [0, 0.1) is 34.6 Å². The molecule has 31 heavy (non-hydrogen) atoms. The topological polar surface area (TPSA) is 23.8 Å². The second kappa shape index (κ2) is 8.39. The van der Waals surface area contributed by atoms with Gasteiger partial charge in [-0.25, -0.2) is 17.6 Å². The molecular weight excluding hydrogens is 402 g/mol. The predicted octanol–water partition coefficient (Wildman–Crippen LogP) is 7.82. The van der Waals surface area contributed by atoms with Crippen molar-refractivity contribution in [3.63, 3.8) is 0 Å². The second-order valence-electron chi connectivity index (χ2n) is 7.65. The average molecular weight is 421 g/mol. The van der Waals surface area contributed by atoms with Crippen molar-refractivity contribution in [2.45, 2.75) is 32.6 Å². The van der Waals surface area contributed by atoms with Gasteiger partial charge in [0.2, 0.25) is 0 Å². The third-order valence-electron chi connectivity index (χ3n) is 5.60. The zero-order valence-corrected chi connectivity index (χ0v) is 16.9. The van der Waals surface area contributed by atoms with Crippen molar-refractivity contribution in [2.24, 2.45) is 0 Å². The highest BCUT2D eigenvalue weighted by atomic mass is 19.1. The highest BCUT2D eigenvalue weighted by molar-refractivity contribution is 6.09. The van der Waals surface area contributed by atoms with Crippen LogP contribution in [0.3, 0.4) is 0 Å². The molecule has 5 heteroatoms. The van der Waals surface area contributed by atoms with Crippen molar-refractivity contribution in [2.75, 3.05) is 0 Å². The number of aryl methyl sites for hydroxylation is 1. The zero-order chi connectivity index (χ0) is 22.1. The fraction of sp³-hybridized carbons (Fsp3) is 0.192. The molecule has 1 nitrogen and oxygen atoms in total. The summed E-state index contributed by atoms with van der Waals surface area (Å²) in [6.07, 6.45) is 4.30. The highest BCUT2D eigenvalue weighted by Gasteiger charge is 2.20. The molecule has 0 fully saturated rings. The number of hydrogen-bond donors (Lipinski definition) is 0. The molecule has 0 heterocycles. The normalized spacial score (nSPS) is 11.2. The minimum absolute atomic E-state index is 0.160. The Morgan fingerprint density at radius 2 is 1.48 bits per heavy atom. The molecule has 0 saturated heterocycles. The first kappa shape index (κ1) is 20.9. The van der Waals surface area contributed by atoms with E-state index in [-0.39, 0.29) is 10.9 Å². The molecule has 0 atom stereocenters. The van der Waals surface area contributed by atoms with Gasteiger partial charge in [0.05, 0.1) is 5.56 Å². The summed E-state index contributed by atoms with van der Waals surface area (Å²) < 4.78 is 58.3. The molecule has 0 aromatic heterocycles. The SMILES string of the molecule is CCCCCc1ccc2c(ccc3c(F)c(-c4cc(F)c(C#N)c(F)c4)c(F)cc32)c1. The van der Waals surface area contributed by atoms with E-state index < -0.39 is 34.4 Å². The minimum atomic E-state index is -1.16. The summed E-state index contributed by atoms with van der Waals surface area (Å²) in [5, 5.41) is 11.0. The molecule has 0 spiro atoms. The molecule has 0 bridgehead atoms. The van der Waals surface area contributed by atoms with Gasteiger partial charge in [0.25, 0.3) is 0 Å². The Morgan fingerprint density at radius 1 is 0.774 bits per heavy atom. The lowest BCUT2D eigenvalue weighted by molar-refractivity contribution is 0.575. The first-order chi connectivity index (χ1) is 14.9. The van der Waals surface area contributed by atoms with Crippen molar-refractivity contribution >= 4 is 21.5 Å². The van der Waals surface area contributed by atoms with Crippen LogP contribution in [0.15, 0.2) is 48.5 Å². The van der Waals surface area contributed by atoms with Gasteiger partial charge in [0.1, 0.15) is 34.9 Å². The maximum Gasteiger partial charge on any atom is 0.144 e. The molecular formula is C26H19F4N. The van der Waals surface area contributed by atoms with Crippen molar-refractivity contribution in [3.05, 3.63) is 82.9 Å². The third kappa shape index (κ3) is 3.74. The number of unbranched alkanes of at least 4 members (excludes halogenated alkanes) is 2. The number of nitrogens with zero attached hydrogens (tertiary/aromatic N) is 1. The molecule has 0 unspecified atom stereocenters. The van der Waals surface area contributed by atoms with E-state index in [0.717, 1.165) is 43.2 Å². The highest BCUT2D eigenvalue weighted by Crippen LogP contribution is 2.36. The van der Waals surface area contributed by atoms with Crippen LogP contribution in [0.2, 0.25) is 0 Å². The van der Waals surface area contributed by atoms with Crippen molar-refractivity contribution in [3.8, 4) is 17.2 Å². The van der Waals surface area contributed by atoms with Gasteiger partial charge in [0, 0.05) is 5.39 Å².